The van der Waals surface area contributed by atoms with Crippen LogP contribution >= 0.6 is 0 Å². The number of hydrogen-bond acceptors (Lipinski definition) is 2. The molecule has 0 amide bonds. The summed E-state index contributed by atoms with van der Waals surface area (Å²) in [6, 6.07) is 6.00. The molecule has 0 atom stereocenters. The second-order valence-corrected chi connectivity index (χ2v) is 5.11. The Labute approximate surface area is 102 Å². The number of anilines is 1. The van der Waals surface area contributed by atoms with E-state index in [1.807, 2.05) is 12.1 Å². The van der Waals surface area contributed by atoms with E-state index in [0.717, 1.165) is 11.2 Å². The maximum Gasteiger partial charge on any atom is 0.112 e. The Kier molecular flexibility index (Phi) is 2.54. The van der Waals surface area contributed by atoms with Gasteiger partial charge in [0.25, 0.3) is 0 Å². The lowest BCUT2D eigenvalue weighted by molar-refractivity contribution is 0.423. The molecule has 0 saturated heterocycles. The molecule has 2 aromatic rings. The van der Waals surface area contributed by atoms with Gasteiger partial charge in [-0.25, -0.2) is 4.98 Å². The van der Waals surface area contributed by atoms with E-state index >= 15 is 0 Å². The van der Waals surface area contributed by atoms with Crippen molar-refractivity contribution >= 4 is 16.7 Å². The third-order valence-corrected chi connectivity index (χ3v) is 3.91. The van der Waals surface area contributed by atoms with Crippen molar-refractivity contribution in [1.82, 2.24) is 9.55 Å². The van der Waals surface area contributed by atoms with Crippen molar-refractivity contribution in [2.75, 3.05) is 5.73 Å². The van der Waals surface area contributed by atoms with Crippen molar-refractivity contribution in [3.63, 3.8) is 0 Å². The van der Waals surface area contributed by atoms with Gasteiger partial charge in [-0.15, -0.1) is 0 Å². The van der Waals surface area contributed by atoms with E-state index in [9.17, 15) is 0 Å². The van der Waals surface area contributed by atoms with E-state index in [2.05, 4.69) is 17.7 Å². The summed E-state index contributed by atoms with van der Waals surface area (Å²) in [4.78, 5) is 4.78. The van der Waals surface area contributed by atoms with Crippen molar-refractivity contribution in [3.8, 4) is 0 Å². The summed E-state index contributed by atoms with van der Waals surface area (Å²) in [6.07, 6.45) is 6.64. The summed E-state index contributed by atoms with van der Waals surface area (Å²) in [6.45, 7) is 0. The van der Waals surface area contributed by atoms with Gasteiger partial charge in [0.1, 0.15) is 5.82 Å². The summed E-state index contributed by atoms with van der Waals surface area (Å²) < 4.78 is 2.24. The number of benzene rings is 1. The van der Waals surface area contributed by atoms with E-state index in [1.165, 1.54) is 43.4 Å². The molecule has 1 fully saturated rings. The van der Waals surface area contributed by atoms with Crippen LogP contribution in [0.15, 0.2) is 18.2 Å². The number of aromatic nitrogens is 2. The molecule has 17 heavy (non-hydrogen) atoms. The number of aryl methyl sites for hydroxylation is 1. The van der Waals surface area contributed by atoms with Gasteiger partial charge in [-0.05, 0) is 31.0 Å². The molecule has 3 rings (SSSR count). The third kappa shape index (κ3) is 1.79. The van der Waals surface area contributed by atoms with Gasteiger partial charge in [0.2, 0.25) is 0 Å². The Morgan fingerprint density at radius 1 is 1.24 bits per heavy atom. The number of nitrogens with two attached hydrogens (primary N) is 1. The average molecular weight is 229 g/mol. The summed E-state index contributed by atoms with van der Waals surface area (Å²) in [5, 5.41) is 0. The van der Waals surface area contributed by atoms with Crippen LogP contribution in [-0.2, 0) is 7.05 Å². The van der Waals surface area contributed by atoms with Crippen LogP contribution < -0.4 is 5.73 Å². The van der Waals surface area contributed by atoms with E-state index in [4.69, 9.17) is 10.7 Å². The molecule has 1 aromatic carbocycles. The zero-order valence-electron chi connectivity index (χ0n) is 10.3. The van der Waals surface area contributed by atoms with Crippen molar-refractivity contribution < 1.29 is 0 Å². The first-order chi connectivity index (χ1) is 8.25. The van der Waals surface area contributed by atoms with Crippen LogP contribution in [0.5, 0.6) is 0 Å². The van der Waals surface area contributed by atoms with Crippen molar-refractivity contribution in [2.45, 2.75) is 38.0 Å². The summed E-state index contributed by atoms with van der Waals surface area (Å²) in [5.41, 5.74) is 8.84. The predicted octanol–water partition coefficient (Wildman–Crippen LogP) is 3.20. The number of hydrogen-bond donors (Lipinski definition) is 1. The van der Waals surface area contributed by atoms with Gasteiger partial charge in [0.15, 0.2) is 0 Å². The molecule has 2 N–H and O–H groups in total. The van der Waals surface area contributed by atoms with Gasteiger partial charge in [-0.1, -0.05) is 19.3 Å². The van der Waals surface area contributed by atoms with Gasteiger partial charge in [0.05, 0.1) is 11.0 Å². The molecule has 1 saturated carbocycles. The highest BCUT2D eigenvalue weighted by molar-refractivity contribution is 5.79. The fraction of sp³-hybridized carbons (Fsp3) is 0.500. The lowest BCUT2D eigenvalue weighted by Gasteiger charge is -2.20. The lowest BCUT2D eigenvalue weighted by Crippen LogP contribution is -2.09. The Morgan fingerprint density at radius 3 is 2.76 bits per heavy atom. The normalized spacial score (nSPS) is 17.7. The number of nitrogen functional groups attached to an aromatic ring is 1. The largest absolute Gasteiger partial charge is 0.399 e. The molecule has 1 aliphatic carbocycles. The molecule has 1 heterocycles. The monoisotopic (exact) mass is 229 g/mol. The van der Waals surface area contributed by atoms with E-state index in [1.54, 1.807) is 0 Å². The number of rotatable bonds is 1. The zero-order valence-corrected chi connectivity index (χ0v) is 10.3. The molecule has 1 aliphatic rings. The smallest absolute Gasteiger partial charge is 0.112 e. The summed E-state index contributed by atoms with van der Waals surface area (Å²) >= 11 is 0. The van der Waals surface area contributed by atoms with E-state index in [0.29, 0.717) is 5.92 Å². The molecule has 90 valence electrons. The Morgan fingerprint density at radius 2 is 2.00 bits per heavy atom. The highest BCUT2D eigenvalue weighted by atomic mass is 15.1. The van der Waals surface area contributed by atoms with Gasteiger partial charge in [-0.3, -0.25) is 0 Å². The Bertz CT molecular complexity index is 536. The van der Waals surface area contributed by atoms with Gasteiger partial charge < -0.3 is 10.3 Å². The zero-order chi connectivity index (χ0) is 11.8. The number of fused-ring (bicyclic) bond motifs is 1. The van der Waals surface area contributed by atoms with Crippen LogP contribution in [0, 0.1) is 0 Å². The molecule has 1 aromatic heterocycles. The lowest BCUT2D eigenvalue weighted by atomic mass is 9.89. The molecule has 0 spiro atoms. The number of imidazole rings is 1. The second-order valence-electron chi connectivity index (χ2n) is 5.11. The van der Waals surface area contributed by atoms with Crippen molar-refractivity contribution in [2.24, 2.45) is 7.05 Å². The first-order valence-electron chi connectivity index (χ1n) is 6.47. The van der Waals surface area contributed by atoms with Crippen LogP contribution in [0.4, 0.5) is 5.69 Å². The molecule has 0 radical (unpaired) electrons. The fourth-order valence-corrected chi connectivity index (χ4v) is 2.96. The SMILES string of the molecule is Cn1c(C2CCCCC2)nc2cc(N)ccc21. The minimum atomic E-state index is 0.641. The summed E-state index contributed by atoms with van der Waals surface area (Å²) in [7, 11) is 2.12. The van der Waals surface area contributed by atoms with Crippen LogP contribution in [0.2, 0.25) is 0 Å². The van der Waals surface area contributed by atoms with Crippen molar-refractivity contribution in [3.05, 3.63) is 24.0 Å². The maximum atomic E-state index is 5.81. The molecular formula is C14H19N3. The molecule has 0 aliphatic heterocycles. The summed E-state index contributed by atoms with van der Waals surface area (Å²) in [5.74, 6) is 1.88. The van der Waals surface area contributed by atoms with Crippen LogP contribution in [0.1, 0.15) is 43.8 Å². The standard InChI is InChI=1S/C14H19N3/c1-17-13-8-7-11(15)9-12(13)16-14(17)10-5-3-2-4-6-10/h7-10H,2-6,15H2,1H3. The average Bonchev–Trinajstić information content (AvgIpc) is 2.67. The van der Waals surface area contributed by atoms with Crippen molar-refractivity contribution in [1.29, 1.82) is 0 Å². The second kappa shape index (κ2) is 4.06. The topological polar surface area (TPSA) is 43.8 Å². The van der Waals surface area contributed by atoms with E-state index < -0.39 is 0 Å². The molecule has 0 unspecified atom stereocenters. The molecule has 3 nitrogen and oxygen atoms in total. The molecule has 3 heteroatoms. The fourth-order valence-electron chi connectivity index (χ4n) is 2.96. The highest BCUT2D eigenvalue weighted by Gasteiger charge is 2.20. The third-order valence-electron chi connectivity index (χ3n) is 3.91. The Hall–Kier alpha value is -1.51. The minimum absolute atomic E-state index is 0.641. The highest BCUT2D eigenvalue weighted by Crippen LogP contribution is 2.33. The van der Waals surface area contributed by atoms with Gasteiger partial charge in [0, 0.05) is 18.7 Å². The predicted molar refractivity (Wildman–Crippen MR) is 71.0 cm³/mol. The van der Waals surface area contributed by atoms with Gasteiger partial charge >= 0.3 is 0 Å². The van der Waals surface area contributed by atoms with Crippen LogP contribution in [-0.4, -0.2) is 9.55 Å². The van der Waals surface area contributed by atoms with Crippen LogP contribution in [0.25, 0.3) is 11.0 Å². The van der Waals surface area contributed by atoms with E-state index in [-0.39, 0.29) is 0 Å². The van der Waals surface area contributed by atoms with Crippen LogP contribution in [0.3, 0.4) is 0 Å². The number of nitrogens with zero attached hydrogens (tertiary/aromatic N) is 2. The quantitative estimate of drug-likeness (QED) is 0.763. The first kappa shape index (κ1) is 10.6. The molecular weight excluding hydrogens is 210 g/mol. The first-order valence-corrected chi connectivity index (χ1v) is 6.47. The molecule has 0 bridgehead atoms. The minimum Gasteiger partial charge on any atom is -0.399 e. The Balaban J connectivity index is 2.07. The maximum absolute atomic E-state index is 5.81. The van der Waals surface area contributed by atoms with Gasteiger partial charge in [-0.2, -0.15) is 0 Å².